The number of anilines is 1. The first kappa shape index (κ1) is 14.5. The van der Waals surface area contributed by atoms with Crippen LogP contribution in [0.25, 0.3) is 0 Å². The molecule has 3 N–H and O–H groups in total. The van der Waals surface area contributed by atoms with Crippen LogP contribution in [0, 0.1) is 0 Å². The van der Waals surface area contributed by atoms with Crippen molar-refractivity contribution in [2.45, 2.75) is 32.1 Å². The molecule has 0 spiro atoms. The van der Waals surface area contributed by atoms with Crippen LogP contribution in [-0.4, -0.2) is 16.5 Å². The molecule has 2 aromatic heterocycles. The monoisotopic (exact) mass is 317 g/mol. The summed E-state index contributed by atoms with van der Waals surface area (Å²) in [6.07, 6.45) is 5.60. The fourth-order valence-electron chi connectivity index (χ4n) is 2.72. The Labute approximate surface area is 134 Å². The van der Waals surface area contributed by atoms with E-state index in [4.69, 9.17) is 22.9 Å². The SMILES string of the molecule is NC(=S)c1cc2c(nc1NCCc1cccs1)CCCC2. The summed E-state index contributed by atoms with van der Waals surface area (Å²) in [7, 11) is 0. The van der Waals surface area contributed by atoms with E-state index in [1.165, 1.54) is 29.0 Å². The van der Waals surface area contributed by atoms with E-state index >= 15 is 0 Å². The zero-order valence-corrected chi connectivity index (χ0v) is 13.5. The number of aryl methyl sites for hydroxylation is 2. The number of thiocarbonyl (C=S) groups is 1. The second-order valence-electron chi connectivity index (χ2n) is 5.32. The first-order valence-corrected chi connectivity index (χ1v) is 8.61. The van der Waals surface area contributed by atoms with E-state index in [1.54, 1.807) is 11.3 Å². The highest BCUT2D eigenvalue weighted by atomic mass is 32.1. The molecule has 2 aromatic rings. The van der Waals surface area contributed by atoms with E-state index in [9.17, 15) is 0 Å². The van der Waals surface area contributed by atoms with Gasteiger partial charge in [-0.3, -0.25) is 0 Å². The van der Waals surface area contributed by atoms with Crippen LogP contribution in [0.1, 0.15) is 34.5 Å². The Morgan fingerprint density at radius 3 is 3.00 bits per heavy atom. The number of nitrogens with one attached hydrogen (secondary N) is 1. The molecule has 0 fully saturated rings. The van der Waals surface area contributed by atoms with E-state index in [0.717, 1.165) is 37.2 Å². The number of nitrogens with zero attached hydrogens (tertiary/aromatic N) is 1. The molecule has 0 radical (unpaired) electrons. The summed E-state index contributed by atoms with van der Waals surface area (Å²) in [5.41, 5.74) is 9.27. The molecule has 21 heavy (non-hydrogen) atoms. The van der Waals surface area contributed by atoms with Gasteiger partial charge < -0.3 is 11.1 Å². The third-order valence-corrected chi connectivity index (χ3v) is 4.97. The lowest BCUT2D eigenvalue weighted by Gasteiger charge is -2.19. The molecule has 0 aromatic carbocycles. The molecule has 5 heteroatoms. The molecule has 0 saturated heterocycles. The molecule has 0 aliphatic heterocycles. The number of hydrogen-bond donors (Lipinski definition) is 2. The minimum atomic E-state index is 0.425. The first-order chi connectivity index (χ1) is 10.2. The quantitative estimate of drug-likeness (QED) is 0.831. The molecule has 1 aliphatic carbocycles. The number of aromatic nitrogens is 1. The summed E-state index contributed by atoms with van der Waals surface area (Å²) >= 11 is 6.97. The molecular weight excluding hydrogens is 298 g/mol. The Balaban J connectivity index is 1.77. The number of rotatable bonds is 5. The van der Waals surface area contributed by atoms with Crippen LogP contribution in [0.15, 0.2) is 23.6 Å². The number of fused-ring (bicyclic) bond motifs is 1. The lowest BCUT2D eigenvalue weighted by molar-refractivity contribution is 0.668. The Morgan fingerprint density at radius 1 is 1.38 bits per heavy atom. The molecule has 0 saturated carbocycles. The van der Waals surface area contributed by atoms with Crippen molar-refractivity contribution in [3.05, 3.63) is 45.3 Å². The Kier molecular flexibility index (Phi) is 4.51. The van der Waals surface area contributed by atoms with Gasteiger partial charge in [-0.15, -0.1) is 11.3 Å². The van der Waals surface area contributed by atoms with Crippen molar-refractivity contribution < 1.29 is 0 Å². The van der Waals surface area contributed by atoms with Crippen molar-refractivity contribution in [3.63, 3.8) is 0 Å². The maximum Gasteiger partial charge on any atom is 0.136 e. The fraction of sp³-hybridized carbons (Fsp3) is 0.375. The summed E-state index contributed by atoms with van der Waals surface area (Å²) in [5, 5.41) is 5.52. The Morgan fingerprint density at radius 2 is 2.24 bits per heavy atom. The van der Waals surface area contributed by atoms with E-state index in [1.807, 2.05) is 0 Å². The second kappa shape index (κ2) is 6.54. The van der Waals surface area contributed by atoms with Gasteiger partial charge in [0.15, 0.2) is 0 Å². The molecule has 0 amide bonds. The van der Waals surface area contributed by atoms with Gasteiger partial charge in [0.05, 0.1) is 5.56 Å². The molecule has 0 atom stereocenters. The lowest BCUT2D eigenvalue weighted by Crippen LogP contribution is -2.18. The predicted octanol–water partition coefficient (Wildman–Crippen LogP) is 3.31. The van der Waals surface area contributed by atoms with Gasteiger partial charge in [-0.2, -0.15) is 0 Å². The highest BCUT2D eigenvalue weighted by Gasteiger charge is 2.16. The standard InChI is InChI=1S/C16H19N3S2/c17-15(20)13-10-11-4-1-2-6-14(11)19-16(13)18-8-7-12-5-3-9-21-12/h3,5,9-10H,1-2,4,6-8H2,(H2,17,20)(H,18,19). The van der Waals surface area contributed by atoms with E-state index < -0.39 is 0 Å². The molecular formula is C16H19N3S2. The topological polar surface area (TPSA) is 50.9 Å². The Bertz CT molecular complexity index is 635. The van der Waals surface area contributed by atoms with Crippen molar-refractivity contribution in [2.75, 3.05) is 11.9 Å². The molecule has 0 bridgehead atoms. The fourth-order valence-corrected chi connectivity index (χ4v) is 3.58. The van der Waals surface area contributed by atoms with E-state index in [2.05, 4.69) is 28.9 Å². The van der Waals surface area contributed by atoms with Crippen LogP contribution in [0.5, 0.6) is 0 Å². The van der Waals surface area contributed by atoms with Crippen LogP contribution < -0.4 is 11.1 Å². The summed E-state index contributed by atoms with van der Waals surface area (Å²) in [6.45, 7) is 0.849. The molecule has 2 heterocycles. The number of nitrogens with two attached hydrogens (primary N) is 1. The van der Waals surface area contributed by atoms with Gasteiger partial charge in [0.1, 0.15) is 10.8 Å². The van der Waals surface area contributed by atoms with Crippen molar-refractivity contribution >= 4 is 34.4 Å². The van der Waals surface area contributed by atoms with E-state index in [-0.39, 0.29) is 0 Å². The normalized spacial score (nSPS) is 13.7. The zero-order chi connectivity index (χ0) is 14.7. The predicted molar refractivity (Wildman–Crippen MR) is 93.3 cm³/mol. The summed E-state index contributed by atoms with van der Waals surface area (Å²) < 4.78 is 0. The lowest BCUT2D eigenvalue weighted by atomic mass is 9.94. The van der Waals surface area contributed by atoms with Crippen LogP contribution in [0.2, 0.25) is 0 Å². The van der Waals surface area contributed by atoms with Crippen LogP contribution in [0.3, 0.4) is 0 Å². The summed E-state index contributed by atoms with van der Waals surface area (Å²) in [4.78, 5) is 6.58. The van der Waals surface area contributed by atoms with Crippen molar-refractivity contribution in [3.8, 4) is 0 Å². The smallest absolute Gasteiger partial charge is 0.136 e. The van der Waals surface area contributed by atoms with Crippen molar-refractivity contribution in [1.29, 1.82) is 0 Å². The maximum absolute atomic E-state index is 5.87. The van der Waals surface area contributed by atoms with Gasteiger partial charge in [-0.25, -0.2) is 4.98 Å². The van der Waals surface area contributed by atoms with Gasteiger partial charge in [-0.1, -0.05) is 18.3 Å². The Hall–Kier alpha value is -1.46. The van der Waals surface area contributed by atoms with Gasteiger partial charge in [0, 0.05) is 17.1 Å². The maximum atomic E-state index is 5.87. The molecule has 1 aliphatic rings. The van der Waals surface area contributed by atoms with Crippen LogP contribution >= 0.6 is 23.6 Å². The third-order valence-electron chi connectivity index (χ3n) is 3.81. The number of pyridine rings is 1. The molecule has 0 unspecified atom stereocenters. The van der Waals surface area contributed by atoms with Crippen LogP contribution in [0.4, 0.5) is 5.82 Å². The zero-order valence-electron chi connectivity index (χ0n) is 11.9. The average molecular weight is 317 g/mol. The highest BCUT2D eigenvalue weighted by molar-refractivity contribution is 7.80. The average Bonchev–Trinajstić information content (AvgIpc) is 2.99. The third kappa shape index (κ3) is 3.41. The van der Waals surface area contributed by atoms with Gasteiger partial charge in [-0.05, 0) is 55.2 Å². The second-order valence-corrected chi connectivity index (χ2v) is 6.79. The number of hydrogen-bond acceptors (Lipinski definition) is 4. The van der Waals surface area contributed by atoms with Gasteiger partial charge in [0.25, 0.3) is 0 Å². The van der Waals surface area contributed by atoms with Crippen molar-refractivity contribution in [2.24, 2.45) is 5.73 Å². The minimum absolute atomic E-state index is 0.425. The van der Waals surface area contributed by atoms with Gasteiger partial charge in [0.2, 0.25) is 0 Å². The largest absolute Gasteiger partial charge is 0.389 e. The molecule has 3 nitrogen and oxygen atoms in total. The minimum Gasteiger partial charge on any atom is -0.389 e. The van der Waals surface area contributed by atoms with Gasteiger partial charge >= 0.3 is 0 Å². The van der Waals surface area contributed by atoms with Crippen molar-refractivity contribution in [1.82, 2.24) is 4.98 Å². The highest BCUT2D eigenvalue weighted by Crippen LogP contribution is 2.25. The summed E-state index contributed by atoms with van der Waals surface area (Å²) in [5.74, 6) is 0.847. The summed E-state index contributed by atoms with van der Waals surface area (Å²) in [6, 6.07) is 6.37. The molecule has 110 valence electrons. The van der Waals surface area contributed by atoms with Crippen LogP contribution in [-0.2, 0) is 19.3 Å². The first-order valence-electron chi connectivity index (χ1n) is 7.33. The molecule has 3 rings (SSSR count). The number of thiophene rings is 1. The van der Waals surface area contributed by atoms with E-state index in [0.29, 0.717) is 4.99 Å².